The molecule has 1 heterocycles. The molecule has 0 bridgehead atoms. The lowest BCUT2D eigenvalue weighted by Crippen LogP contribution is -2.06. The lowest BCUT2D eigenvalue weighted by molar-refractivity contribution is 0.640. The minimum Gasteiger partial charge on any atom is -0.324 e. The zero-order chi connectivity index (χ0) is 12.4. The standard InChI is InChI=1S/C14H19N3/c1-4-17-11(3)14(9-16-17)13-8-6-5-7-12(13)10(2)15/h5-10H,4,15H2,1-3H3. The van der Waals surface area contributed by atoms with Crippen molar-refractivity contribution in [1.29, 1.82) is 0 Å². The fraction of sp³-hybridized carbons (Fsp3) is 0.357. The molecule has 0 saturated carbocycles. The Bertz CT molecular complexity index is 512. The van der Waals surface area contributed by atoms with Crippen LogP contribution in [0.5, 0.6) is 0 Å². The van der Waals surface area contributed by atoms with Crippen molar-refractivity contribution in [2.75, 3.05) is 0 Å². The highest BCUT2D eigenvalue weighted by Gasteiger charge is 2.12. The van der Waals surface area contributed by atoms with E-state index < -0.39 is 0 Å². The summed E-state index contributed by atoms with van der Waals surface area (Å²) in [4.78, 5) is 0. The van der Waals surface area contributed by atoms with Crippen LogP contribution in [0.15, 0.2) is 30.5 Å². The molecule has 0 amide bonds. The Kier molecular flexibility index (Phi) is 3.29. The maximum Gasteiger partial charge on any atom is 0.0571 e. The van der Waals surface area contributed by atoms with Crippen molar-refractivity contribution in [2.24, 2.45) is 5.73 Å². The topological polar surface area (TPSA) is 43.8 Å². The van der Waals surface area contributed by atoms with E-state index in [4.69, 9.17) is 5.73 Å². The first-order chi connectivity index (χ1) is 8.15. The van der Waals surface area contributed by atoms with E-state index in [1.54, 1.807) is 0 Å². The van der Waals surface area contributed by atoms with Gasteiger partial charge in [0.2, 0.25) is 0 Å². The summed E-state index contributed by atoms with van der Waals surface area (Å²) in [6.07, 6.45) is 1.93. The van der Waals surface area contributed by atoms with Gasteiger partial charge in [0, 0.05) is 23.8 Å². The summed E-state index contributed by atoms with van der Waals surface area (Å²) in [6, 6.07) is 8.31. The highest BCUT2D eigenvalue weighted by atomic mass is 15.3. The molecule has 0 saturated heterocycles. The molecule has 0 aliphatic heterocycles. The van der Waals surface area contributed by atoms with Crippen LogP contribution in [-0.2, 0) is 6.54 Å². The first-order valence-electron chi connectivity index (χ1n) is 6.02. The minimum absolute atomic E-state index is 0.0376. The predicted octanol–water partition coefficient (Wildman–Crippen LogP) is 2.90. The highest BCUT2D eigenvalue weighted by molar-refractivity contribution is 5.69. The van der Waals surface area contributed by atoms with E-state index in [0.717, 1.165) is 6.54 Å². The predicted molar refractivity (Wildman–Crippen MR) is 70.7 cm³/mol. The Labute approximate surface area is 102 Å². The smallest absolute Gasteiger partial charge is 0.0571 e. The third-order valence-corrected chi connectivity index (χ3v) is 3.14. The fourth-order valence-electron chi connectivity index (χ4n) is 2.17. The van der Waals surface area contributed by atoms with Crippen LogP contribution in [0.25, 0.3) is 11.1 Å². The van der Waals surface area contributed by atoms with Crippen LogP contribution in [0.4, 0.5) is 0 Å². The summed E-state index contributed by atoms with van der Waals surface area (Å²) in [5.74, 6) is 0. The lowest BCUT2D eigenvalue weighted by atomic mass is 9.96. The molecule has 2 rings (SSSR count). The molecule has 0 fully saturated rings. The van der Waals surface area contributed by atoms with Gasteiger partial charge in [-0.15, -0.1) is 0 Å². The molecule has 0 radical (unpaired) electrons. The molecule has 0 aliphatic rings. The van der Waals surface area contributed by atoms with Crippen LogP contribution in [-0.4, -0.2) is 9.78 Å². The Balaban J connectivity index is 2.56. The van der Waals surface area contributed by atoms with Crippen molar-refractivity contribution >= 4 is 0 Å². The summed E-state index contributed by atoms with van der Waals surface area (Å²) in [5, 5.41) is 4.39. The van der Waals surface area contributed by atoms with E-state index in [1.807, 2.05) is 29.9 Å². The number of hydrogen-bond acceptors (Lipinski definition) is 2. The summed E-state index contributed by atoms with van der Waals surface area (Å²) < 4.78 is 2.01. The van der Waals surface area contributed by atoms with Crippen LogP contribution >= 0.6 is 0 Å². The minimum atomic E-state index is 0.0376. The van der Waals surface area contributed by atoms with Gasteiger partial charge >= 0.3 is 0 Å². The van der Waals surface area contributed by atoms with E-state index in [1.165, 1.54) is 22.4 Å². The summed E-state index contributed by atoms with van der Waals surface area (Å²) in [5.41, 5.74) is 10.8. The van der Waals surface area contributed by atoms with Crippen LogP contribution in [0.3, 0.4) is 0 Å². The quantitative estimate of drug-likeness (QED) is 0.879. The van der Waals surface area contributed by atoms with Gasteiger partial charge in [0.05, 0.1) is 6.20 Å². The number of aryl methyl sites for hydroxylation is 1. The molecule has 3 heteroatoms. The van der Waals surface area contributed by atoms with Crippen LogP contribution in [0.2, 0.25) is 0 Å². The van der Waals surface area contributed by atoms with Crippen LogP contribution < -0.4 is 5.73 Å². The van der Waals surface area contributed by atoms with E-state index in [9.17, 15) is 0 Å². The Morgan fingerprint density at radius 2 is 2.00 bits per heavy atom. The SMILES string of the molecule is CCn1ncc(-c2ccccc2C(C)N)c1C. The molecule has 3 nitrogen and oxygen atoms in total. The molecule has 1 aromatic heterocycles. The second-order valence-electron chi connectivity index (χ2n) is 4.34. The van der Waals surface area contributed by atoms with Crippen LogP contribution in [0, 0.1) is 6.92 Å². The lowest BCUT2D eigenvalue weighted by Gasteiger charge is -2.12. The van der Waals surface area contributed by atoms with Crippen molar-refractivity contribution in [1.82, 2.24) is 9.78 Å². The average Bonchev–Trinajstić information content (AvgIpc) is 2.70. The number of benzene rings is 1. The monoisotopic (exact) mass is 229 g/mol. The molecule has 2 aromatic rings. The molecule has 1 atom stereocenters. The van der Waals surface area contributed by atoms with E-state index >= 15 is 0 Å². The largest absolute Gasteiger partial charge is 0.324 e. The van der Waals surface area contributed by atoms with Gasteiger partial charge in [0.1, 0.15) is 0 Å². The second kappa shape index (κ2) is 4.72. The van der Waals surface area contributed by atoms with Crippen molar-refractivity contribution in [3.8, 4) is 11.1 Å². The molecule has 1 unspecified atom stereocenters. The number of nitrogens with two attached hydrogens (primary N) is 1. The fourth-order valence-corrected chi connectivity index (χ4v) is 2.17. The van der Waals surface area contributed by atoms with Gasteiger partial charge in [-0.05, 0) is 31.9 Å². The van der Waals surface area contributed by atoms with Gasteiger partial charge in [-0.25, -0.2) is 0 Å². The maximum atomic E-state index is 6.01. The summed E-state index contributed by atoms with van der Waals surface area (Å²) in [6.45, 7) is 7.11. The van der Waals surface area contributed by atoms with E-state index in [-0.39, 0.29) is 6.04 Å². The number of rotatable bonds is 3. The Morgan fingerprint density at radius 3 is 2.59 bits per heavy atom. The van der Waals surface area contributed by atoms with Crippen molar-refractivity contribution in [3.05, 3.63) is 41.7 Å². The molecular formula is C14H19N3. The Hall–Kier alpha value is -1.61. The van der Waals surface area contributed by atoms with Crippen molar-refractivity contribution in [3.63, 3.8) is 0 Å². The van der Waals surface area contributed by atoms with Crippen molar-refractivity contribution < 1.29 is 0 Å². The van der Waals surface area contributed by atoms with Gasteiger partial charge in [-0.1, -0.05) is 24.3 Å². The molecular weight excluding hydrogens is 210 g/mol. The summed E-state index contributed by atoms with van der Waals surface area (Å²) >= 11 is 0. The first-order valence-corrected chi connectivity index (χ1v) is 6.02. The van der Waals surface area contributed by atoms with E-state index in [0.29, 0.717) is 0 Å². The molecule has 90 valence electrons. The molecule has 17 heavy (non-hydrogen) atoms. The molecule has 0 aliphatic carbocycles. The van der Waals surface area contributed by atoms with E-state index in [2.05, 4.69) is 31.1 Å². The number of nitrogens with zero attached hydrogens (tertiary/aromatic N) is 2. The second-order valence-corrected chi connectivity index (χ2v) is 4.34. The third kappa shape index (κ3) is 2.11. The molecule has 1 aromatic carbocycles. The third-order valence-electron chi connectivity index (χ3n) is 3.14. The average molecular weight is 229 g/mol. The Morgan fingerprint density at radius 1 is 1.29 bits per heavy atom. The van der Waals surface area contributed by atoms with Crippen LogP contribution in [0.1, 0.15) is 31.1 Å². The van der Waals surface area contributed by atoms with Gasteiger partial charge in [0.15, 0.2) is 0 Å². The number of hydrogen-bond donors (Lipinski definition) is 1. The molecule has 2 N–H and O–H groups in total. The first kappa shape index (κ1) is 11.9. The zero-order valence-electron chi connectivity index (χ0n) is 10.6. The normalized spacial score (nSPS) is 12.7. The van der Waals surface area contributed by atoms with Crippen molar-refractivity contribution in [2.45, 2.75) is 33.4 Å². The van der Waals surface area contributed by atoms with Gasteiger partial charge < -0.3 is 5.73 Å². The highest BCUT2D eigenvalue weighted by Crippen LogP contribution is 2.29. The summed E-state index contributed by atoms with van der Waals surface area (Å²) in [7, 11) is 0. The van der Waals surface area contributed by atoms with Gasteiger partial charge in [-0.3, -0.25) is 4.68 Å². The number of aromatic nitrogens is 2. The van der Waals surface area contributed by atoms with Gasteiger partial charge in [0.25, 0.3) is 0 Å². The van der Waals surface area contributed by atoms with Gasteiger partial charge in [-0.2, -0.15) is 5.10 Å². The maximum absolute atomic E-state index is 6.01. The molecule has 0 spiro atoms. The zero-order valence-corrected chi connectivity index (χ0v) is 10.6.